The molecule has 0 saturated carbocycles. The average Bonchev–Trinajstić information content (AvgIpc) is 2.07. The molecule has 0 amide bonds. The fourth-order valence-corrected chi connectivity index (χ4v) is 2.03. The summed E-state index contributed by atoms with van der Waals surface area (Å²) in [5.74, 6) is -0.854. The molecule has 0 heterocycles. The first-order chi connectivity index (χ1) is 7.30. The maximum Gasteiger partial charge on any atom is 0.129 e. The first kappa shape index (κ1) is 13.1. The summed E-state index contributed by atoms with van der Waals surface area (Å²) in [6.07, 6.45) is 0.793. The van der Waals surface area contributed by atoms with Crippen LogP contribution in [0.25, 0.3) is 0 Å². The highest BCUT2D eigenvalue weighted by molar-refractivity contribution is 5.20. The van der Waals surface area contributed by atoms with Crippen LogP contribution >= 0.6 is 0 Å². The number of benzene rings is 1. The molecule has 0 aliphatic carbocycles. The van der Waals surface area contributed by atoms with Crippen LogP contribution in [0, 0.1) is 17.6 Å². The molecule has 1 rings (SSSR count). The van der Waals surface area contributed by atoms with Crippen molar-refractivity contribution in [1.29, 1.82) is 0 Å². The quantitative estimate of drug-likeness (QED) is 0.838. The largest absolute Gasteiger partial charge is 0.390 e. The Hall–Kier alpha value is -0.960. The second kappa shape index (κ2) is 4.91. The average molecular weight is 228 g/mol. The molecule has 0 aliphatic rings. The van der Waals surface area contributed by atoms with Gasteiger partial charge in [-0.25, -0.2) is 8.78 Å². The van der Waals surface area contributed by atoms with E-state index in [0.717, 1.165) is 6.07 Å². The van der Waals surface area contributed by atoms with Crippen LogP contribution in [0.15, 0.2) is 18.2 Å². The van der Waals surface area contributed by atoms with Gasteiger partial charge in [-0.1, -0.05) is 19.9 Å². The monoisotopic (exact) mass is 228 g/mol. The molecule has 1 atom stereocenters. The van der Waals surface area contributed by atoms with Crippen molar-refractivity contribution in [2.75, 3.05) is 0 Å². The van der Waals surface area contributed by atoms with Gasteiger partial charge >= 0.3 is 0 Å². The highest BCUT2D eigenvalue weighted by atomic mass is 19.1. The second-order valence-corrected chi connectivity index (χ2v) is 5.01. The molecule has 1 aromatic carbocycles. The van der Waals surface area contributed by atoms with Crippen LogP contribution in [0.2, 0.25) is 0 Å². The van der Waals surface area contributed by atoms with Gasteiger partial charge in [-0.05, 0) is 30.9 Å². The summed E-state index contributed by atoms with van der Waals surface area (Å²) in [6, 6.07) is 3.45. The third kappa shape index (κ3) is 3.89. The maximum atomic E-state index is 13.4. The molecule has 0 spiro atoms. The van der Waals surface area contributed by atoms with Crippen LogP contribution in [-0.4, -0.2) is 10.7 Å². The summed E-state index contributed by atoms with van der Waals surface area (Å²) in [5.41, 5.74) is -0.598. The fourth-order valence-electron chi connectivity index (χ4n) is 2.03. The lowest BCUT2D eigenvalue weighted by atomic mass is 9.88. The Morgan fingerprint density at radius 3 is 2.44 bits per heavy atom. The predicted molar refractivity (Wildman–Crippen MR) is 60.1 cm³/mol. The Balaban J connectivity index is 2.79. The molecule has 16 heavy (non-hydrogen) atoms. The maximum absolute atomic E-state index is 13.4. The fraction of sp³-hybridized carbons (Fsp3) is 0.538. The normalized spacial score (nSPS) is 15.2. The molecule has 1 aromatic rings. The van der Waals surface area contributed by atoms with Gasteiger partial charge < -0.3 is 5.11 Å². The van der Waals surface area contributed by atoms with Crippen LogP contribution in [-0.2, 0) is 6.42 Å². The van der Waals surface area contributed by atoms with Gasteiger partial charge in [-0.15, -0.1) is 0 Å². The molecule has 3 heteroatoms. The number of aliphatic hydroxyl groups is 1. The third-order valence-electron chi connectivity index (χ3n) is 2.43. The summed E-state index contributed by atoms with van der Waals surface area (Å²) in [5, 5.41) is 10.1. The van der Waals surface area contributed by atoms with E-state index in [4.69, 9.17) is 0 Å². The minimum atomic E-state index is -0.952. The van der Waals surface area contributed by atoms with E-state index in [0.29, 0.717) is 17.9 Å². The zero-order valence-corrected chi connectivity index (χ0v) is 9.93. The van der Waals surface area contributed by atoms with E-state index in [2.05, 4.69) is 0 Å². The summed E-state index contributed by atoms with van der Waals surface area (Å²) in [6.45, 7) is 5.67. The summed E-state index contributed by atoms with van der Waals surface area (Å²) >= 11 is 0. The SMILES string of the molecule is CC(C)CC(C)(O)Cc1ccc(F)cc1F. The highest BCUT2D eigenvalue weighted by Crippen LogP contribution is 2.23. The van der Waals surface area contributed by atoms with E-state index in [-0.39, 0.29) is 6.42 Å². The molecular formula is C13H18F2O. The van der Waals surface area contributed by atoms with Gasteiger partial charge in [0.05, 0.1) is 5.60 Å². The van der Waals surface area contributed by atoms with Crippen LogP contribution in [0.3, 0.4) is 0 Å². The van der Waals surface area contributed by atoms with Gasteiger partial charge in [0.25, 0.3) is 0 Å². The zero-order valence-electron chi connectivity index (χ0n) is 9.93. The van der Waals surface area contributed by atoms with Crippen molar-refractivity contribution in [3.8, 4) is 0 Å². The number of hydrogen-bond donors (Lipinski definition) is 1. The molecular weight excluding hydrogens is 210 g/mol. The van der Waals surface area contributed by atoms with E-state index in [9.17, 15) is 13.9 Å². The first-order valence-electron chi connectivity index (χ1n) is 5.46. The van der Waals surface area contributed by atoms with Crippen LogP contribution < -0.4 is 0 Å². The van der Waals surface area contributed by atoms with E-state index in [1.807, 2.05) is 13.8 Å². The molecule has 0 bridgehead atoms. The summed E-state index contributed by atoms with van der Waals surface area (Å²) in [4.78, 5) is 0. The van der Waals surface area contributed by atoms with Crippen LogP contribution in [0.4, 0.5) is 8.78 Å². The second-order valence-electron chi connectivity index (χ2n) is 5.01. The van der Waals surface area contributed by atoms with Crippen LogP contribution in [0.1, 0.15) is 32.8 Å². The number of rotatable bonds is 4. The minimum Gasteiger partial charge on any atom is -0.390 e. The number of halogens is 2. The Labute approximate surface area is 95.1 Å². The molecule has 0 aromatic heterocycles. The third-order valence-corrected chi connectivity index (χ3v) is 2.43. The molecule has 0 aliphatic heterocycles. The Kier molecular flexibility index (Phi) is 4.03. The molecule has 1 unspecified atom stereocenters. The van der Waals surface area contributed by atoms with Gasteiger partial charge in [0.2, 0.25) is 0 Å². The highest BCUT2D eigenvalue weighted by Gasteiger charge is 2.23. The van der Waals surface area contributed by atoms with E-state index in [1.165, 1.54) is 12.1 Å². The van der Waals surface area contributed by atoms with E-state index >= 15 is 0 Å². The lowest BCUT2D eigenvalue weighted by Crippen LogP contribution is -2.29. The molecule has 90 valence electrons. The van der Waals surface area contributed by atoms with Crippen molar-refractivity contribution in [2.24, 2.45) is 5.92 Å². The van der Waals surface area contributed by atoms with Crippen molar-refractivity contribution in [2.45, 2.75) is 39.2 Å². The first-order valence-corrected chi connectivity index (χ1v) is 5.46. The Morgan fingerprint density at radius 1 is 1.31 bits per heavy atom. The van der Waals surface area contributed by atoms with E-state index < -0.39 is 17.2 Å². The van der Waals surface area contributed by atoms with Crippen LogP contribution in [0.5, 0.6) is 0 Å². The molecule has 1 nitrogen and oxygen atoms in total. The standard InChI is InChI=1S/C13H18F2O/c1-9(2)7-13(3,16)8-10-4-5-11(14)6-12(10)15/h4-6,9,16H,7-8H2,1-3H3. The number of hydrogen-bond acceptors (Lipinski definition) is 1. The van der Waals surface area contributed by atoms with Crippen molar-refractivity contribution in [3.63, 3.8) is 0 Å². The van der Waals surface area contributed by atoms with Gasteiger partial charge in [0, 0.05) is 12.5 Å². The van der Waals surface area contributed by atoms with Gasteiger partial charge in [-0.3, -0.25) is 0 Å². The zero-order chi connectivity index (χ0) is 12.3. The predicted octanol–water partition coefficient (Wildman–Crippen LogP) is 3.30. The van der Waals surface area contributed by atoms with Crippen molar-refractivity contribution >= 4 is 0 Å². The van der Waals surface area contributed by atoms with Gasteiger partial charge in [-0.2, -0.15) is 0 Å². The lowest BCUT2D eigenvalue weighted by molar-refractivity contribution is 0.0380. The van der Waals surface area contributed by atoms with Gasteiger partial charge in [0.1, 0.15) is 11.6 Å². The topological polar surface area (TPSA) is 20.2 Å². The molecule has 0 saturated heterocycles. The van der Waals surface area contributed by atoms with Crippen molar-refractivity contribution < 1.29 is 13.9 Å². The molecule has 0 radical (unpaired) electrons. The lowest BCUT2D eigenvalue weighted by Gasteiger charge is -2.25. The van der Waals surface area contributed by atoms with Crippen molar-refractivity contribution in [1.82, 2.24) is 0 Å². The van der Waals surface area contributed by atoms with E-state index in [1.54, 1.807) is 6.92 Å². The van der Waals surface area contributed by atoms with Crippen molar-refractivity contribution in [3.05, 3.63) is 35.4 Å². The van der Waals surface area contributed by atoms with Gasteiger partial charge in [0.15, 0.2) is 0 Å². The molecule has 1 N–H and O–H groups in total. The minimum absolute atomic E-state index is 0.206. The Morgan fingerprint density at radius 2 is 1.94 bits per heavy atom. The molecule has 0 fully saturated rings. The summed E-state index contributed by atoms with van der Waals surface area (Å²) < 4.78 is 26.1. The smallest absolute Gasteiger partial charge is 0.129 e. The Bertz CT molecular complexity index is 359. The summed E-state index contributed by atoms with van der Waals surface area (Å²) in [7, 11) is 0.